The largest absolute Gasteiger partial charge is 0.147 e. The summed E-state index contributed by atoms with van der Waals surface area (Å²) in [4.78, 5) is 19.7. The van der Waals surface area contributed by atoms with Gasteiger partial charge in [-0.2, -0.15) is 0 Å². The van der Waals surface area contributed by atoms with Crippen molar-refractivity contribution in [2.45, 2.75) is 33.2 Å². The quantitative estimate of drug-likeness (QED) is 0.651. The molecule has 2 heterocycles. The summed E-state index contributed by atoms with van der Waals surface area (Å²) in [5.41, 5.74) is 3.03. The van der Waals surface area contributed by atoms with E-state index < -0.39 is 0 Å². The molecule has 2 aromatic heterocycles. The Hall–Kier alpha value is -1.55. The smallest absolute Gasteiger partial charge is 0.147 e. The average Bonchev–Trinajstić information content (AvgIpc) is 2.82. The van der Waals surface area contributed by atoms with E-state index in [2.05, 4.69) is 46.5 Å². The van der Waals surface area contributed by atoms with Crippen LogP contribution in [0.5, 0.6) is 0 Å². The zero-order chi connectivity index (χ0) is 15.9. The van der Waals surface area contributed by atoms with Gasteiger partial charge in [-0.25, -0.2) is 0 Å². The van der Waals surface area contributed by atoms with E-state index in [0.717, 1.165) is 9.78 Å². The molecule has 0 saturated heterocycles. The van der Waals surface area contributed by atoms with Crippen molar-refractivity contribution in [1.29, 1.82) is 0 Å². The molecule has 4 nitrogen and oxygen atoms in total. The number of halogens is 1. The summed E-state index contributed by atoms with van der Waals surface area (Å²) in [5.74, 6) is 0.536. The molecule has 0 amide bonds. The number of fused-ring (bicyclic) bond motifs is 1. The van der Waals surface area contributed by atoms with Crippen LogP contribution in [0.25, 0.3) is 19.8 Å². The molecule has 6 heteroatoms. The van der Waals surface area contributed by atoms with E-state index in [-0.39, 0.29) is 38.0 Å². The third kappa shape index (κ3) is 4.05. The number of nitrogens with one attached hydrogen (secondary N) is 2. The first-order valence-electron chi connectivity index (χ1n) is 7.21. The Balaban J connectivity index is 0.00000192. The van der Waals surface area contributed by atoms with Crippen molar-refractivity contribution in [1.82, 2.24) is 9.97 Å². The van der Waals surface area contributed by atoms with Gasteiger partial charge in [0.15, 0.2) is 0 Å². The zero-order valence-electron chi connectivity index (χ0n) is 13.6. The van der Waals surface area contributed by atoms with Crippen LogP contribution in [0.1, 0.15) is 26.3 Å². The van der Waals surface area contributed by atoms with Crippen molar-refractivity contribution in [3.8, 4) is 10.0 Å². The molecule has 122 valence electrons. The first-order valence-corrected chi connectivity index (χ1v) is 8.92. The molecule has 0 bridgehead atoms. The second-order valence-corrected chi connectivity index (χ2v) is 8.69. The van der Waals surface area contributed by atoms with Gasteiger partial charge < -0.3 is 0 Å². The molecular weight excluding hydrogens is 377 g/mol. The van der Waals surface area contributed by atoms with E-state index in [9.17, 15) is 4.79 Å². The Labute approximate surface area is 147 Å². The van der Waals surface area contributed by atoms with Crippen LogP contribution in [-0.2, 0) is 0 Å². The minimum atomic E-state index is -0.141. The summed E-state index contributed by atoms with van der Waals surface area (Å²) in [6, 6.07) is 10.5. The number of H-pyrrole nitrogens is 1. The minimum absolute atomic E-state index is 0. The molecule has 0 aliphatic heterocycles. The maximum Gasteiger partial charge on any atom is -0.147 e. The van der Waals surface area contributed by atoms with Crippen LogP contribution < -0.4 is 10.9 Å². The van der Waals surface area contributed by atoms with E-state index in [1.54, 1.807) is 0 Å². The van der Waals surface area contributed by atoms with Gasteiger partial charge in [0.1, 0.15) is 0 Å². The Morgan fingerprint density at radius 1 is 1.17 bits per heavy atom. The Morgan fingerprint density at radius 3 is 2.43 bits per heavy atom. The number of aromatic nitrogens is 2. The zero-order valence-corrected chi connectivity index (χ0v) is 16.1. The SMILES string of the molecule is Cc1ccc(-c2cc3nc(NC(C)(C)C)[nH]c(=O)c3[se]2)cc1.Cl. The molecule has 0 aliphatic rings. The molecular formula is C17H20ClN3OSe. The molecule has 0 aliphatic carbocycles. The van der Waals surface area contributed by atoms with Gasteiger partial charge in [-0.1, -0.05) is 0 Å². The number of hydrogen-bond acceptors (Lipinski definition) is 3. The first kappa shape index (κ1) is 17.8. The van der Waals surface area contributed by atoms with E-state index in [4.69, 9.17) is 0 Å². The number of nitrogens with zero attached hydrogens (tertiary/aromatic N) is 1. The summed E-state index contributed by atoms with van der Waals surface area (Å²) in [7, 11) is 0. The van der Waals surface area contributed by atoms with Crippen LogP contribution in [0.2, 0.25) is 0 Å². The molecule has 3 rings (SSSR count). The second kappa shape index (κ2) is 6.52. The molecule has 1 aromatic carbocycles. The monoisotopic (exact) mass is 397 g/mol. The van der Waals surface area contributed by atoms with Gasteiger partial charge in [0.2, 0.25) is 0 Å². The number of aromatic amines is 1. The van der Waals surface area contributed by atoms with Crippen molar-refractivity contribution in [3.05, 3.63) is 46.2 Å². The topological polar surface area (TPSA) is 57.8 Å². The second-order valence-electron chi connectivity index (χ2n) is 6.48. The molecule has 0 radical (unpaired) electrons. The number of rotatable bonds is 2. The fourth-order valence-electron chi connectivity index (χ4n) is 2.21. The van der Waals surface area contributed by atoms with Gasteiger partial charge in [-0.15, -0.1) is 12.4 Å². The molecule has 3 aromatic rings. The molecule has 0 fully saturated rings. The maximum atomic E-state index is 12.3. The predicted molar refractivity (Wildman–Crippen MR) is 100 cm³/mol. The van der Waals surface area contributed by atoms with Gasteiger partial charge in [-0.05, 0) is 0 Å². The summed E-state index contributed by atoms with van der Waals surface area (Å²) in [6.45, 7) is 8.19. The van der Waals surface area contributed by atoms with E-state index >= 15 is 0 Å². The van der Waals surface area contributed by atoms with Gasteiger partial charge in [-0.3, -0.25) is 0 Å². The molecule has 0 spiro atoms. The van der Waals surface area contributed by atoms with E-state index in [1.807, 2.05) is 26.8 Å². The van der Waals surface area contributed by atoms with Crippen molar-refractivity contribution in [2.75, 3.05) is 5.32 Å². The first-order chi connectivity index (χ1) is 10.3. The minimum Gasteiger partial charge on any atom is -0.147 e. The molecule has 2 N–H and O–H groups in total. The number of hydrogen-bond donors (Lipinski definition) is 2. The Bertz CT molecular complexity index is 875. The Kier molecular flexibility index (Phi) is 5.04. The van der Waals surface area contributed by atoms with Gasteiger partial charge in [0.05, 0.1) is 0 Å². The summed E-state index contributed by atoms with van der Waals surface area (Å²) < 4.78 is 2.01. The number of aryl methyl sites for hydroxylation is 1. The molecule has 0 atom stereocenters. The van der Waals surface area contributed by atoms with Crippen LogP contribution >= 0.6 is 12.4 Å². The summed E-state index contributed by atoms with van der Waals surface area (Å²) >= 11 is 0.00539. The predicted octanol–water partition coefficient (Wildman–Crippen LogP) is 3.59. The average molecular weight is 397 g/mol. The third-order valence-electron chi connectivity index (χ3n) is 3.21. The normalized spacial score (nSPS) is 11.3. The van der Waals surface area contributed by atoms with Crippen LogP contribution in [0.4, 0.5) is 5.95 Å². The third-order valence-corrected chi connectivity index (χ3v) is 5.67. The van der Waals surface area contributed by atoms with Crippen molar-refractivity contribution < 1.29 is 0 Å². The molecule has 23 heavy (non-hydrogen) atoms. The van der Waals surface area contributed by atoms with Crippen LogP contribution in [0, 0.1) is 6.92 Å². The Morgan fingerprint density at radius 2 is 1.83 bits per heavy atom. The van der Waals surface area contributed by atoms with E-state index in [0.29, 0.717) is 5.95 Å². The number of anilines is 1. The van der Waals surface area contributed by atoms with Crippen molar-refractivity contribution in [3.63, 3.8) is 0 Å². The van der Waals surface area contributed by atoms with Crippen LogP contribution in [0.15, 0.2) is 35.1 Å². The van der Waals surface area contributed by atoms with E-state index in [1.165, 1.54) is 15.6 Å². The van der Waals surface area contributed by atoms with Crippen molar-refractivity contribution in [2.24, 2.45) is 0 Å². The summed E-state index contributed by atoms with van der Waals surface area (Å²) in [6.07, 6.45) is 0. The molecule has 0 saturated carbocycles. The number of benzene rings is 1. The van der Waals surface area contributed by atoms with Gasteiger partial charge in [0.25, 0.3) is 0 Å². The fraction of sp³-hybridized carbons (Fsp3) is 0.294. The van der Waals surface area contributed by atoms with Gasteiger partial charge in [0, 0.05) is 0 Å². The molecule has 0 unspecified atom stereocenters. The van der Waals surface area contributed by atoms with Gasteiger partial charge >= 0.3 is 135 Å². The fourth-order valence-corrected chi connectivity index (χ4v) is 4.31. The summed E-state index contributed by atoms with van der Waals surface area (Å²) in [5, 5.41) is 3.22. The standard InChI is InChI=1S/C17H19N3OSe.ClH/c1-10-5-7-11(8-6-10)13-9-12-14(22-13)15(21)19-16(18-12)20-17(2,3)4;/h5-9H,1-4H3,(H2,18,19,20,21);1H. The van der Waals surface area contributed by atoms with Crippen LogP contribution in [0.3, 0.4) is 0 Å². The maximum absolute atomic E-state index is 12.3. The van der Waals surface area contributed by atoms with Crippen LogP contribution in [-0.4, -0.2) is 30.0 Å². The van der Waals surface area contributed by atoms with Crippen molar-refractivity contribution >= 4 is 42.6 Å².